The van der Waals surface area contributed by atoms with Crippen molar-refractivity contribution in [1.29, 1.82) is 0 Å². The summed E-state index contributed by atoms with van der Waals surface area (Å²) in [6, 6.07) is 6.81. The Hall–Kier alpha value is -1.51. The van der Waals surface area contributed by atoms with E-state index < -0.39 is 0 Å². The predicted molar refractivity (Wildman–Crippen MR) is 84.1 cm³/mol. The number of benzene rings is 1. The topological polar surface area (TPSA) is 40.5 Å². The van der Waals surface area contributed by atoms with Gasteiger partial charge < -0.3 is 10.0 Å². The van der Waals surface area contributed by atoms with Crippen molar-refractivity contribution in [3.05, 3.63) is 24.3 Å². The van der Waals surface area contributed by atoms with Crippen LogP contribution >= 0.6 is 0 Å². The number of amides is 1. The minimum atomic E-state index is 0.115. The van der Waals surface area contributed by atoms with Gasteiger partial charge in [-0.15, -0.1) is 0 Å². The summed E-state index contributed by atoms with van der Waals surface area (Å²) in [5.41, 5.74) is 0.748. The van der Waals surface area contributed by atoms with Crippen LogP contribution in [-0.4, -0.2) is 18.1 Å². The summed E-state index contributed by atoms with van der Waals surface area (Å²) in [5, 5.41) is 9.42. The van der Waals surface area contributed by atoms with Gasteiger partial charge in [-0.25, -0.2) is 0 Å². The molecule has 0 radical (unpaired) electrons. The third-order valence-corrected chi connectivity index (χ3v) is 3.59. The Morgan fingerprint density at radius 3 is 2.40 bits per heavy atom. The fourth-order valence-electron chi connectivity index (χ4n) is 2.25. The van der Waals surface area contributed by atoms with E-state index in [1.54, 1.807) is 30.1 Å². The number of nitrogens with zero attached hydrogens (tertiary/aromatic N) is 1. The normalized spacial score (nSPS) is 10.5. The van der Waals surface area contributed by atoms with E-state index in [9.17, 15) is 9.90 Å². The highest BCUT2D eigenvalue weighted by atomic mass is 16.3. The molecule has 20 heavy (non-hydrogen) atoms. The molecule has 0 aliphatic rings. The van der Waals surface area contributed by atoms with E-state index in [4.69, 9.17) is 0 Å². The van der Waals surface area contributed by atoms with E-state index >= 15 is 0 Å². The smallest absolute Gasteiger partial charge is 0.226 e. The zero-order valence-electron chi connectivity index (χ0n) is 12.8. The van der Waals surface area contributed by atoms with Crippen LogP contribution in [0.3, 0.4) is 0 Å². The van der Waals surface area contributed by atoms with E-state index in [0.717, 1.165) is 18.5 Å². The number of hydrogen-bond donors (Lipinski definition) is 1. The third-order valence-electron chi connectivity index (χ3n) is 3.59. The molecular formula is C17H27NO2. The zero-order valence-corrected chi connectivity index (χ0v) is 12.8. The average Bonchev–Trinajstić information content (AvgIpc) is 2.45. The molecular weight excluding hydrogens is 250 g/mol. The fourth-order valence-corrected chi connectivity index (χ4v) is 2.25. The van der Waals surface area contributed by atoms with Gasteiger partial charge in [-0.05, 0) is 18.6 Å². The summed E-state index contributed by atoms with van der Waals surface area (Å²) in [5.74, 6) is 0.308. The fraction of sp³-hybridized carbons (Fsp3) is 0.588. The lowest BCUT2D eigenvalue weighted by atomic mass is 10.1. The number of unbranched alkanes of at least 4 members (excludes halogenated alkanes) is 6. The Morgan fingerprint density at radius 2 is 1.75 bits per heavy atom. The van der Waals surface area contributed by atoms with Crippen LogP contribution in [0.2, 0.25) is 0 Å². The highest BCUT2D eigenvalue weighted by Crippen LogP contribution is 2.20. The number of anilines is 1. The van der Waals surface area contributed by atoms with Crippen LogP contribution in [0.4, 0.5) is 5.69 Å². The molecule has 0 saturated heterocycles. The maximum Gasteiger partial charge on any atom is 0.226 e. The Morgan fingerprint density at radius 1 is 1.10 bits per heavy atom. The van der Waals surface area contributed by atoms with Crippen molar-refractivity contribution in [2.24, 2.45) is 0 Å². The lowest BCUT2D eigenvalue weighted by Crippen LogP contribution is -2.25. The molecule has 0 heterocycles. The Kier molecular flexibility index (Phi) is 7.78. The number of phenols is 1. The van der Waals surface area contributed by atoms with Crippen molar-refractivity contribution in [3.8, 4) is 5.75 Å². The van der Waals surface area contributed by atoms with Gasteiger partial charge in [0.05, 0.1) is 0 Å². The van der Waals surface area contributed by atoms with Crippen LogP contribution in [0.25, 0.3) is 0 Å². The maximum atomic E-state index is 12.0. The van der Waals surface area contributed by atoms with Gasteiger partial charge in [0.25, 0.3) is 0 Å². The second kappa shape index (κ2) is 9.40. The molecule has 0 aliphatic carbocycles. The molecule has 1 N–H and O–H groups in total. The molecule has 1 aromatic carbocycles. The van der Waals surface area contributed by atoms with E-state index in [1.165, 1.54) is 32.1 Å². The van der Waals surface area contributed by atoms with Crippen molar-refractivity contribution in [3.63, 3.8) is 0 Å². The van der Waals surface area contributed by atoms with Crippen LogP contribution < -0.4 is 4.90 Å². The second-order valence-corrected chi connectivity index (χ2v) is 5.34. The van der Waals surface area contributed by atoms with Crippen LogP contribution in [0.15, 0.2) is 24.3 Å². The van der Waals surface area contributed by atoms with Gasteiger partial charge in [0.2, 0.25) is 5.91 Å². The lowest BCUT2D eigenvalue weighted by molar-refractivity contribution is -0.118. The third kappa shape index (κ3) is 6.09. The van der Waals surface area contributed by atoms with Crippen molar-refractivity contribution >= 4 is 11.6 Å². The molecule has 0 unspecified atom stereocenters. The molecule has 0 aliphatic heterocycles. The number of carbonyl (C=O) groups is 1. The molecule has 3 nitrogen and oxygen atoms in total. The molecule has 0 saturated carbocycles. The molecule has 1 aromatic rings. The molecule has 1 amide bonds. The first kappa shape index (κ1) is 16.5. The summed E-state index contributed by atoms with van der Waals surface area (Å²) in [6.07, 6.45) is 9.07. The molecule has 1 rings (SSSR count). The molecule has 0 atom stereocenters. The highest BCUT2D eigenvalue weighted by Gasteiger charge is 2.10. The van der Waals surface area contributed by atoms with Crippen LogP contribution in [0.5, 0.6) is 5.75 Å². The van der Waals surface area contributed by atoms with Gasteiger partial charge >= 0.3 is 0 Å². The van der Waals surface area contributed by atoms with E-state index in [-0.39, 0.29) is 11.7 Å². The molecule has 0 aromatic heterocycles. The first-order valence-corrected chi connectivity index (χ1v) is 7.70. The highest BCUT2D eigenvalue weighted by molar-refractivity contribution is 5.92. The van der Waals surface area contributed by atoms with Crippen molar-refractivity contribution in [2.75, 3.05) is 11.9 Å². The SMILES string of the molecule is CCCCCCCCCC(=O)N(C)c1cccc(O)c1. The Balaban J connectivity index is 2.22. The van der Waals surface area contributed by atoms with Crippen molar-refractivity contribution < 1.29 is 9.90 Å². The van der Waals surface area contributed by atoms with Gasteiger partial charge in [0.15, 0.2) is 0 Å². The Bertz CT molecular complexity index is 404. The summed E-state index contributed by atoms with van der Waals surface area (Å²) in [6.45, 7) is 2.22. The zero-order chi connectivity index (χ0) is 14.8. The number of hydrogen-bond acceptors (Lipinski definition) is 2. The maximum absolute atomic E-state index is 12.0. The standard InChI is InChI=1S/C17H27NO2/c1-3-4-5-6-7-8-9-13-17(20)18(2)15-11-10-12-16(19)14-15/h10-12,14,19H,3-9,13H2,1-2H3. The van der Waals surface area contributed by atoms with Crippen LogP contribution in [0, 0.1) is 0 Å². The minimum Gasteiger partial charge on any atom is -0.508 e. The number of aromatic hydroxyl groups is 1. The van der Waals surface area contributed by atoms with Crippen LogP contribution in [0.1, 0.15) is 58.3 Å². The number of phenolic OH excluding ortho intramolecular Hbond substituents is 1. The largest absolute Gasteiger partial charge is 0.508 e. The Labute approximate surface area is 122 Å². The minimum absolute atomic E-state index is 0.115. The molecule has 0 fully saturated rings. The molecule has 112 valence electrons. The van der Waals surface area contributed by atoms with Gasteiger partial charge in [0, 0.05) is 25.2 Å². The summed E-state index contributed by atoms with van der Waals surface area (Å²) >= 11 is 0. The van der Waals surface area contributed by atoms with Gasteiger partial charge in [-0.3, -0.25) is 4.79 Å². The van der Waals surface area contributed by atoms with Crippen molar-refractivity contribution in [2.45, 2.75) is 58.3 Å². The van der Waals surface area contributed by atoms with Crippen molar-refractivity contribution in [1.82, 2.24) is 0 Å². The van der Waals surface area contributed by atoms with E-state index in [2.05, 4.69) is 6.92 Å². The molecule has 0 spiro atoms. The van der Waals surface area contributed by atoms with Gasteiger partial charge in [-0.2, -0.15) is 0 Å². The first-order chi connectivity index (χ1) is 9.65. The van der Waals surface area contributed by atoms with Gasteiger partial charge in [0.1, 0.15) is 5.75 Å². The summed E-state index contributed by atoms with van der Waals surface area (Å²) < 4.78 is 0. The lowest BCUT2D eigenvalue weighted by Gasteiger charge is -2.17. The van der Waals surface area contributed by atoms with E-state index in [0.29, 0.717) is 6.42 Å². The monoisotopic (exact) mass is 277 g/mol. The summed E-state index contributed by atoms with van der Waals surface area (Å²) in [7, 11) is 1.76. The predicted octanol–water partition coefficient (Wildman–Crippen LogP) is 4.50. The molecule has 0 bridgehead atoms. The molecule has 3 heteroatoms. The van der Waals surface area contributed by atoms with Gasteiger partial charge in [-0.1, -0.05) is 51.5 Å². The second-order valence-electron chi connectivity index (χ2n) is 5.34. The number of rotatable bonds is 9. The first-order valence-electron chi connectivity index (χ1n) is 7.70. The number of carbonyl (C=O) groups excluding carboxylic acids is 1. The quantitative estimate of drug-likeness (QED) is 0.675. The van der Waals surface area contributed by atoms with Crippen LogP contribution in [-0.2, 0) is 4.79 Å². The average molecular weight is 277 g/mol. The summed E-state index contributed by atoms with van der Waals surface area (Å²) in [4.78, 5) is 13.7. The van der Waals surface area contributed by atoms with E-state index in [1.807, 2.05) is 6.07 Å².